The molecule has 1 unspecified atom stereocenters. The minimum Gasteiger partial charge on any atom is -0.324 e. The molecule has 2 heterocycles. The van der Waals surface area contributed by atoms with E-state index in [9.17, 15) is 39.2 Å². The number of rotatable bonds is 10. The molecule has 262 valence electrons. The predicted octanol–water partition coefficient (Wildman–Crippen LogP) is 5.46. The second kappa shape index (κ2) is 13.8. The summed E-state index contributed by atoms with van der Waals surface area (Å²) in [5.74, 6) is -0.985. The highest BCUT2D eigenvalue weighted by molar-refractivity contribution is 7.86. The van der Waals surface area contributed by atoms with Gasteiger partial charge in [-0.25, -0.2) is 0 Å². The molecular formula is C26H19Cl3N8O10S3. The van der Waals surface area contributed by atoms with Gasteiger partial charge in [0, 0.05) is 17.6 Å². The lowest BCUT2D eigenvalue weighted by Crippen LogP contribution is -2.28. The van der Waals surface area contributed by atoms with Crippen LogP contribution >= 0.6 is 34.8 Å². The number of amides is 1. The zero-order valence-electron chi connectivity index (χ0n) is 24.6. The van der Waals surface area contributed by atoms with Crippen LogP contribution in [0.2, 0.25) is 15.3 Å². The van der Waals surface area contributed by atoms with Gasteiger partial charge in [-0.1, -0.05) is 23.2 Å². The van der Waals surface area contributed by atoms with Gasteiger partial charge < -0.3 is 10.6 Å². The van der Waals surface area contributed by atoms with Crippen molar-refractivity contribution in [1.82, 2.24) is 15.0 Å². The summed E-state index contributed by atoms with van der Waals surface area (Å²) in [5, 5.41) is 12.5. The quantitative estimate of drug-likeness (QED) is 0.0983. The summed E-state index contributed by atoms with van der Waals surface area (Å²) in [7, 11) is -14.0. The van der Waals surface area contributed by atoms with Gasteiger partial charge in [0.25, 0.3) is 36.3 Å². The summed E-state index contributed by atoms with van der Waals surface area (Å²) in [6.45, 7) is 1.50. The Bertz CT molecular complexity index is 2450. The van der Waals surface area contributed by atoms with E-state index < -0.39 is 62.8 Å². The zero-order chi connectivity index (χ0) is 36.8. The summed E-state index contributed by atoms with van der Waals surface area (Å²) >= 11 is 18.2. The van der Waals surface area contributed by atoms with E-state index in [4.69, 9.17) is 39.4 Å². The molecule has 0 saturated carbocycles. The van der Waals surface area contributed by atoms with Gasteiger partial charge >= 0.3 is 0 Å². The average molecular weight is 806 g/mol. The van der Waals surface area contributed by atoms with E-state index in [2.05, 4.69) is 35.8 Å². The molecule has 1 aliphatic heterocycles. The minimum atomic E-state index is -4.86. The monoisotopic (exact) mass is 804 g/mol. The van der Waals surface area contributed by atoms with Gasteiger partial charge in [0.2, 0.25) is 17.2 Å². The van der Waals surface area contributed by atoms with Crippen molar-refractivity contribution >= 4 is 106 Å². The lowest BCUT2D eigenvalue weighted by molar-refractivity contribution is -0.117. The largest absolute Gasteiger partial charge is 0.324 e. The third-order valence-corrected chi connectivity index (χ3v) is 10.1. The van der Waals surface area contributed by atoms with Crippen LogP contribution in [0.4, 0.5) is 34.6 Å². The predicted molar refractivity (Wildman–Crippen MR) is 180 cm³/mol. The summed E-state index contributed by atoms with van der Waals surface area (Å²) in [6, 6.07) is 8.88. The van der Waals surface area contributed by atoms with Crippen LogP contribution in [0, 0.1) is 0 Å². The van der Waals surface area contributed by atoms with Gasteiger partial charge in [0.15, 0.2) is 6.04 Å². The molecule has 4 aromatic rings. The Morgan fingerprint density at radius 2 is 1.32 bits per heavy atom. The number of anilines is 5. The Labute approximate surface area is 298 Å². The second-order valence-electron chi connectivity index (χ2n) is 10.1. The van der Waals surface area contributed by atoms with Gasteiger partial charge in [-0.2, -0.15) is 50.4 Å². The molecule has 5 N–H and O–H groups in total. The maximum absolute atomic E-state index is 13.3. The summed E-state index contributed by atoms with van der Waals surface area (Å²) < 4.78 is 98.3. The number of nitrogens with one attached hydrogen (secondary N) is 2. The molecule has 0 saturated heterocycles. The van der Waals surface area contributed by atoms with Gasteiger partial charge in [0.1, 0.15) is 15.5 Å². The molecule has 0 radical (unpaired) electrons. The fraction of sp³-hybridized carbons (Fsp3) is 0.0769. The molecule has 0 fully saturated rings. The topological polar surface area (TPSA) is 271 Å². The van der Waals surface area contributed by atoms with E-state index in [-0.39, 0.29) is 38.5 Å². The minimum absolute atomic E-state index is 0.0454. The van der Waals surface area contributed by atoms with Gasteiger partial charge in [0.05, 0.1) is 20.6 Å². The third kappa shape index (κ3) is 8.34. The normalized spacial score (nSPS) is 15.4. The summed E-state index contributed by atoms with van der Waals surface area (Å²) in [5.41, 5.74) is 0.281. The van der Waals surface area contributed by atoms with E-state index in [0.29, 0.717) is 11.3 Å². The lowest BCUT2D eigenvalue weighted by Gasteiger charge is -2.17. The molecular weight excluding hydrogens is 787 g/mol. The fourth-order valence-electron chi connectivity index (χ4n) is 4.34. The first-order valence-electron chi connectivity index (χ1n) is 13.2. The number of aromatic nitrogens is 3. The summed E-state index contributed by atoms with van der Waals surface area (Å²) in [6.07, 6.45) is 1.32. The van der Waals surface area contributed by atoms with Crippen molar-refractivity contribution in [2.45, 2.75) is 27.7 Å². The molecule has 24 heteroatoms. The molecule has 3 aromatic carbocycles. The number of hydrogen-bond acceptors (Lipinski definition) is 14. The van der Waals surface area contributed by atoms with Gasteiger partial charge in [-0.15, -0.1) is 0 Å². The SMILES string of the molecule is CC1=CN(c2cc(Cl)c(S(=O)(=O)O)cc2Cl)C(=O)C1N=Nc1cc(Nc2nc(Cl)nc(Nc3ccc(S(=O)(=O)O)cc3)n2)ccc1S(=O)(=O)O. The van der Waals surface area contributed by atoms with Crippen LogP contribution in [-0.4, -0.2) is 65.8 Å². The van der Waals surface area contributed by atoms with Crippen LogP contribution < -0.4 is 15.5 Å². The molecule has 0 spiro atoms. The van der Waals surface area contributed by atoms with Crippen molar-refractivity contribution in [2.24, 2.45) is 10.2 Å². The van der Waals surface area contributed by atoms with Crippen molar-refractivity contribution in [3.05, 3.63) is 81.7 Å². The lowest BCUT2D eigenvalue weighted by atomic mass is 10.2. The van der Waals surface area contributed by atoms with Crippen LogP contribution in [0.5, 0.6) is 0 Å². The van der Waals surface area contributed by atoms with Crippen LogP contribution in [0.3, 0.4) is 0 Å². The number of hydrogen-bond donors (Lipinski definition) is 5. The highest BCUT2D eigenvalue weighted by Gasteiger charge is 2.34. The highest BCUT2D eigenvalue weighted by Crippen LogP contribution is 2.38. The van der Waals surface area contributed by atoms with E-state index in [1.54, 1.807) is 0 Å². The number of halogens is 3. The Morgan fingerprint density at radius 3 is 1.90 bits per heavy atom. The molecule has 50 heavy (non-hydrogen) atoms. The number of azo groups is 1. The third-order valence-electron chi connectivity index (χ3n) is 6.56. The van der Waals surface area contributed by atoms with E-state index in [1.807, 2.05) is 0 Å². The number of benzene rings is 3. The van der Waals surface area contributed by atoms with Gasteiger partial charge in [-0.05, 0) is 78.7 Å². The molecule has 5 rings (SSSR count). The molecule has 1 amide bonds. The average Bonchev–Trinajstić information content (AvgIpc) is 3.27. The van der Waals surface area contributed by atoms with E-state index in [0.717, 1.165) is 41.3 Å². The van der Waals surface area contributed by atoms with Crippen LogP contribution in [-0.2, 0) is 35.1 Å². The van der Waals surface area contributed by atoms with Crippen LogP contribution in [0.15, 0.2) is 91.3 Å². The maximum atomic E-state index is 13.3. The molecule has 0 aliphatic carbocycles. The number of carbonyl (C=O) groups excluding carboxylic acids is 1. The maximum Gasteiger partial charge on any atom is 0.296 e. The highest BCUT2D eigenvalue weighted by atomic mass is 35.5. The summed E-state index contributed by atoms with van der Waals surface area (Å²) in [4.78, 5) is 24.7. The molecule has 1 atom stereocenters. The van der Waals surface area contributed by atoms with Crippen molar-refractivity contribution in [2.75, 3.05) is 15.5 Å². The Kier molecular flexibility index (Phi) is 10.2. The molecule has 18 nitrogen and oxygen atoms in total. The van der Waals surface area contributed by atoms with Crippen LogP contribution in [0.25, 0.3) is 0 Å². The molecule has 1 aliphatic rings. The standard InChI is InChI=1S/C26H19Cl3N8O10S3/c1-12-11-37(19-9-17(28)21(10-16(19)27)50(45,46)47)23(38)22(12)36-35-18-8-14(4-7-20(18)49(42,43)44)31-26-33-24(29)32-25(34-26)30-13-2-5-15(6-3-13)48(39,40)41/h2-11,22H,1H3,(H,39,40,41)(H,42,43,44)(H,45,46,47)(H2,30,31,32,33,34). The number of nitrogens with zero attached hydrogens (tertiary/aromatic N) is 6. The molecule has 1 aromatic heterocycles. The van der Waals surface area contributed by atoms with Crippen molar-refractivity contribution in [1.29, 1.82) is 0 Å². The van der Waals surface area contributed by atoms with E-state index >= 15 is 0 Å². The van der Waals surface area contributed by atoms with Crippen molar-refractivity contribution in [3.8, 4) is 0 Å². The van der Waals surface area contributed by atoms with Crippen molar-refractivity contribution < 1.29 is 43.7 Å². The smallest absolute Gasteiger partial charge is 0.296 e. The Balaban J connectivity index is 1.41. The zero-order valence-corrected chi connectivity index (χ0v) is 29.3. The van der Waals surface area contributed by atoms with Crippen LogP contribution in [0.1, 0.15) is 6.92 Å². The van der Waals surface area contributed by atoms with E-state index in [1.165, 1.54) is 31.3 Å². The van der Waals surface area contributed by atoms with Crippen molar-refractivity contribution in [3.63, 3.8) is 0 Å². The number of carbonyl (C=O) groups is 1. The molecule has 0 bridgehead atoms. The Hall–Kier alpha value is -4.32. The first-order valence-corrected chi connectivity index (χ1v) is 18.7. The second-order valence-corrected chi connectivity index (χ2v) is 15.4. The first kappa shape index (κ1) is 36.9. The Morgan fingerprint density at radius 1 is 0.740 bits per heavy atom. The first-order chi connectivity index (χ1) is 23.2. The fourth-order valence-corrected chi connectivity index (χ4v) is 6.92. The van der Waals surface area contributed by atoms with Gasteiger partial charge in [-0.3, -0.25) is 23.4 Å².